The van der Waals surface area contributed by atoms with E-state index in [9.17, 15) is 4.79 Å². The Labute approximate surface area is 125 Å². The van der Waals surface area contributed by atoms with E-state index in [0.29, 0.717) is 10.7 Å². The fourth-order valence-corrected chi connectivity index (χ4v) is 3.58. The van der Waals surface area contributed by atoms with E-state index < -0.39 is 0 Å². The van der Waals surface area contributed by atoms with Crippen molar-refractivity contribution in [2.24, 2.45) is 0 Å². The molecule has 1 atom stereocenters. The first-order chi connectivity index (χ1) is 9.04. The molecule has 1 N–H and O–H groups in total. The third-order valence-corrected chi connectivity index (χ3v) is 4.76. The Morgan fingerprint density at radius 3 is 2.95 bits per heavy atom. The number of thiazole rings is 1. The monoisotopic (exact) mass is 312 g/mol. The van der Waals surface area contributed by atoms with Crippen LogP contribution in [-0.4, -0.2) is 16.1 Å². The van der Waals surface area contributed by atoms with Crippen LogP contribution in [0.4, 0.5) is 5.69 Å². The summed E-state index contributed by atoms with van der Waals surface area (Å²) in [4.78, 5) is 16.4. The molecule has 6 heteroatoms. The van der Waals surface area contributed by atoms with Gasteiger partial charge in [-0.3, -0.25) is 4.79 Å². The van der Waals surface area contributed by atoms with Gasteiger partial charge in [-0.1, -0.05) is 29.4 Å². The molecule has 0 aliphatic rings. The van der Waals surface area contributed by atoms with Crippen LogP contribution in [0.5, 0.6) is 0 Å². The summed E-state index contributed by atoms with van der Waals surface area (Å²) in [6, 6.07) is 7.12. The summed E-state index contributed by atoms with van der Waals surface area (Å²) in [5.74, 6) is -0.0554. The van der Waals surface area contributed by atoms with E-state index in [-0.39, 0.29) is 11.2 Å². The van der Waals surface area contributed by atoms with Crippen LogP contribution in [0.3, 0.4) is 0 Å². The number of hydrogen-bond acceptors (Lipinski definition) is 4. The highest BCUT2D eigenvalue weighted by Gasteiger charge is 2.16. The van der Waals surface area contributed by atoms with Crippen LogP contribution in [0.15, 0.2) is 34.0 Å². The van der Waals surface area contributed by atoms with E-state index in [0.717, 1.165) is 10.0 Å². The lowest BCUT2D eigenvalue weighted by Gasteiger charge is -2.10. The maximum atomic E-state index is 12.0. The zero-order valence-electron chi connectivity index (χ0n) is 10.5. The van der Waals surface area contributed by atoms with Crippen LogP contribution in [0.25, 0.3) is 0 Å². The van der Waals surface area contributed by atoms with E-state index in [1.165, 1.54) is 11.8 Å². The van der Waals surface area contributed by atoms with Gasteiger partial charge in [0.05, 0.1) is 5.25 Å². The molecule has 0 bridgehead atoms. The molecule has 19 heavy (non-hydrogen) atoms. The molecule has 3 nitrogen and oxygen atoms in total. The average Bonchev–Trinajstić information content (AvgIpc) is 2.74. The first-order valence-corrected chi connectivity index (χ1v) is 7.83. The van der Waals surface area contributed by atoms with Gasteiger partial charge in [0.25, 0.3) is 0 Å². The summed E-state index contributed by atoms with van der Waals surface area (Å²) in [6.45, 7) is 3.80. The van der Waals surface area contributed by atoms with Gasteiger partial charge in [0.1, 0.15) is 0 Å². The number of nitrogens with one attached hydrogen (secondary N) is 1. The minimum atomic E-state index is -0.204. The molecule has 0 saturated carbocycles. The molecule has 1 aromatic heterocycles. The third-order valence-electron chi connectivity index (χ3n) is 2.34. The second kappa shape index (κ2) is 6.41. The molecule has 1 heterocycles. The Hall–Kier alpha value is -1.04. The van der Waals surface area contributed by atoms with Crippen LogP contribution in [0.2, 0.25) is 5.02 Å². The first-order valence-electron chi connectivity index (χ1n) is 5.70. The number of carbonyl (C=O) groups excluding carboxylic acids is 1. The van der Waals surface area contributed by atoms with Gasteiger partial charge in [0.2, 0.25) is 5.91 Å². The van der Waals surface area contributed by atoms with E-state index in [1.54, 1.807) is 29.5 Å². The topological polar surface area (TPSA) is 42.0 Å². The fourth-order valence-electron chi connectivity index (χ4n) is 1.40. The maximum Gasteiger partial charge on any atom is 0.237 e. The molecular formula is C13H13ClN2OS2. The Kier molecular flexibility index (Phi) is 4.85. The number of benzene rings is 1. The van der Waals surface area contributed by atoms with Gasteiger partial charge in [-0.25, -0.2) is 4.98 Å². The summed E-state index contributed by atoms with van der Waals surface area (Å²) in [7, 11) is 0. The predicted octanol–water partition coefficient (Wildman–Crippen LogP) is 4.22. The Morgan fingerprint density at radius 1 is 1.53 bits per heavy atom. The zero-order chi connectivity index (χ0) is 13.8. The van der Waals surface area contributed by atoms with Crippen LogP contribution >= 0.6 is 34.7 Å². The average molecular weight is 313 g/mol. The highest BCUT2D eigenvalue weighted by molar-refractivity contribution is 8.02. The Morgan fingerprint density at radius 2 is 2.32 bits per heavy atom. The molecule has 2 rings (SSSR count). The lowest BCUT2D eigenvalue weighted by molar-refractivity contribution is -0.115. The van der Waals surface area contributed by atoms with Crippen molar-refractivity contribution >= 4 is 46.3 Å². The highest BCUT2D eigenvalue weighted by Crippen LogP contribution is 2.27. The summed E-state index contributed by atoms with van der Waals surface area (Å²) < 4.78 is 0.909. The second-order valence-electron chi connectivity index (χ2n) is 4.01. The molecule has 1 aromatic carbocycles. The molecule has 2 aromatic rings. The van der Waals surface area contributed by atoms with Crippen LogP contribution in [0.1, 0.15) is 12.6 Å². The number of hydrogen-bond donors (Lipinski definition) is 1. The molecule has 0 saturated heterocycles. The number of anilines is 1. The quantitative estimate of drug-likeness (QED) is 0.859. The lowest BCUT2D eigenvalue weighted by Crippen LogP contribution is -2.22. The number of carbonyl (C=O) groups is 1. The molecule has 100 valence electrons. The van der Waals surface area contributed by atoms with Crippen molar-refractivity contribution in [2.75, 3.05) is 5.32 Å². The minimum absolute atomic E-state index is 0.0554. The molecule has 0 radical (unpaired) electrons. The van der Waals surface area contributed by atoms with Gasteiger partial charge in [0.15, 0.2) is 4.34 Å². The molecule has 0 aliphatic carbocycles. The number of aryl methyl sites for hydroxylation is 1. The minimum Gasteiger partial charge on any atom is -0.325 e. The van der Waals surface area contributed by atoms with Gasteiger partial charge in [-0.2, -0.15) is 0 Å². The van der Waals surface area contributed by atoms with Crippen molar-refractivity contribution in [1.82, 2.24) is 4.98 Å². The standard InChI is InChI=1S/C13H13ClN2OS2/c1-8-7-18-13(15-8)19-9(2)12(17)16-11-5-3-4-10(14)6-11/h3-7,9H,1-2H3,(H,16,17)/t9-/m1/s1. The van der Waals surface area contributed by atoms with Crippen LogP contribution < -0.4 is 5.32 Å². The molecule has 0 fully saturated rings. The van der Waals surface area contributed by atoms with Crippen molar-refractivity contribution in [1.29, 1.82) is 0 Å². The summed E-state index contributed by atoms with van der Waals surface area (Å²) in [5, 5.41) is 5.22. The van der Waals surface area contributed by atoms with E-state index in [4.69, 9.17) is 11.6 Å². The highest BCUT2D eigenvalue weighted by atomic mass is 35.5. The van der Waals surface area contributed by atoms with Crippen molar-refractivity contribution in [3.05, 3.63) is 40.4 Å². The number of nitrogens with zero attached hydrogens (tertiary/aromatic N) is 1. The normalized spacial score (nSPS) is 12.2. The number of halogens is 1. The SMILES string of the molecule is Cc1csc(S[C@H](C)C(=O)Nc2cccc(Cl)c2)n1. The smallest absolute Gasteiger partial charge is 0.237 e. The lowest BCUT2D eigenvalue weighted by atomic mass is 10.3. The third kappa shape index (κ3) is 4.23. The summed E-state index contributed by atoms with van der Waals surface area (Å²) in [5.41, 5.74) is 1.69. The van der Waals surface area contributed by atoms with Crippen molar-refractivity contribution in [2.45, 2.75) is 23.4 Å². The van der Waals surface area contributed by atoms with Gasteiger partial charge < -0.3 is 5.32 Å². The van der Waals surface area contributed by atoms with Crippen LogP contribution in [-0.2, 0) is 4.79 Å². The number of rotatable bonds is 4. The Balaban J connectivity index is 1.96. The number of amides is 1. The first kappa shape index (κ1) is 14.4. The van der Waals surface area contributed by atoms with Gasteiger partial charge in [-0.05, 0) is 32.0 Å². The molecule has 0 spiro atoms. The van der Waals surface area contributed by atoms with Gasteiger partial charge >= 0.3 is 0 Å². The van der Waals surface area contributed by atoms with Crippen molar-refractivity contribution in [3.8, 4) is 0 Å². The molecule has 0 aliphatic heterocycles. The number of aromatic nitrogens is 1. The van der Waals surface area contributed by atoms with Gasteiger partial charge in [0, 0.05) is 21.8 Å². The van der Waals surface area contributed by atoms with Crippen molar-refractivity contribution < 1.29 is 4.79 Å². The zero-order valence-corrected chi connectivity index (χ0v) is 12.9. The van der Waals surface area contributed by atoms with Gasteiger partial charge in [-0.15, -0.1) is 11.3 Å². The predicted molar refractivity (Wildman–Crippen MR) is 82.3 cm³/mol. The molecular weight excluding hydrogens is 300 g/mol. The molecule has 1 amide bonds. The molecule has 0 unspecified atom stereocenters. The van der Waals surface area contributed by atoms with E-state index in [1.807, 2.05) is 25.3 Å². The fraction of sp³-hybridized carbons (Fsp3) is 0.231. The summed E-state index contributed by atoms with van der Waals surface area (Å²) >= 11 is 8.89. The van der Waals surface area contributed by atoms with E-state index in [2.05, 4.69) is 10.3 Å². The van der Waals surface area contributed by atoms with Crippen LogP contribution in [0, 0.1) is 6.92 Å². The Bertz CT molecular complexity index is 586. The summed E-state index contributed by atoms with van der Waals surface area (Å²) in [6.07, 6.45) is 0. The van der Waals surface area contributed by atoms with E-state index >= 15 is 0 Å². The maximum absolute atomic E-state index is 12.0. The van der Waals surface area contributed by atoms with Crippen molar-refractivity contribution in [3.63, 3.8) is 0 Å². The largest absolute Gasteiger partial charge is 0.325 e. The second-order valence-corrected chi connectivity index (χ2v) is 6.90. The number of thioether (sulfide) groups is 1.